The van der Waals surface area contributed by atoms with Crippen LogP contribution in [0.4, 0.5) is 0 Å². The maximum absolute atomic E-state index is 11.1. The van der Waals surface area contributed by atoms with E-state index in [0.29, 0.717) is 0 Å². The summed E-state index contributed by atoms with van der Waals surface area (Å²) in [6, 6.07) is 5.03. The highest BCUT2D eigenvalue weighted by molar-refractivity contribution is 6.80. The van der Waals surface area contributed by atoms with Gasteiger partial charge in [-0.2, -0.15) is 0 Å². The van der Waals surface area contributed by atoms with Crippen LogP contribution in [0.3, 0.4) is 0 Å². The molecule has 0 saturated heterocycles. The predicted molar refractivity (Wildman–Crippen MR) is 89.1 cm³/mol. The van der Waals surface area contributed by atoms with Crippen molar-refractivity contribution in [1.29, 1.82) is 0 Å². The molecule has 0 aromatic heterocycles. The summed E-state index contributed by atoms with van der Waals surface area (Å²) in [5.41, 5.74) is 0.158. The first-order valence-electron chi connectivity index (χ1n) is 4.73. The van der Waals surface area contributed by atoms with E-state index in [4.69, 9.17) is 104 Å². The van der Waals surface area contributed by atoms with Gasteiger partial charge in [-0.05, 0) is 17.7 Å². The lowest BCUT2D eigenvalue weighted by molar-refractivity contribution is 0.354. The normalized spacial score (nSPS) is 14.4. The second-order valence-electron chi connectivity index (χ2n) is 3.75. The Hall–Kier alpha value is 1.63. The van der Waals surface area contributed by atoms with Gasteiger partial charge in [0.25, 0.3) is 0 Å². The average Bonchev–Trinajstić information content (AvgIpc) is 2.27. The van der Waals surface area contributed by atoms with Crippen molar-refractivity contribution < 1.29 is 5.11 Å². The van der Waals surface area contributed by atoms with Gasteiger partial charge in [-0.1, -0.05) is 117 Å². The fourth-order valence-corrected chi connectivity index (χ4v) is 3.45. The van der Waals surface area contributed by atoms with Crippen LogP contribution in [0.1, 0.15) is 5.56 Å². The summed E-state index contributed by atoms with van der Waals surface area (Å²) in [5, 5.41) is 11.1. The van der Waals surface area contributed by atoms with Gasteiger partial charge in [0.05, 0.1) is 0 Å². The molecule has 0 saturated carbocycles. The maximum atomic E-state index is 11.1. The molecule has 0 fully saturated rings. The molecular weight excluding hydrogens is 455 g/mol. The molecule has 1 radical (unpaired) electrons. The van der Waals surface area contributed by atoms with E-state index >= 15 is 0 Å². The van der Waals surface area contributed by atoms with Crippen LogP contribution < -0.4 is 0 Å². The highest BCUT2D eigenvalue weighted by Crippen LogP contribution is 2.65. The van der Waals surface area contributed by atoms with Gasteiger partial charge >= 0.3 is 0 Å². The lowest BCUT2D eigenvalue weighted by Gasteiger charge is -2.44. The third kappa shape index (κ3) is 3.42. The molecule has 113 valence electrons. The summed E-state index contributed by atoms with van der Waals surface area (Å²) < 4.78 is -9.01. The van der Waals surface area contributed by atoms with Crippen LogP contribution >= 0.6 is 104 Å². The smallest absolute Gasteiger partial charge is 0.226 e. The van der Waals surface area contributed by atoms with Crippen molar-refractivity contribution in [3.8, 4) is 5.75 Å². The van der Waals surface area contributed by atoms with Gasteiger partial charge in [0.1, 0.15) is 0 Å². The first-order valence-corrected chi connectivity index (χ1v) is 8.13. The SMILES string of the molecule is [O]c1ccc(C(Cl)(Cl)C(Cl)(Cl)C(Cl)(Cl)C(Cl)(Cl)Cl)cc1. The molecule has 20 heavy (non-hydrogen) atoms. The number of hydrogen-bond donors (Lipinski definition) is 0. The van der Waals surface area contributed by atoms with Crippen molar-refractivity contribution in [3.63, 3.8) is 0 Å². The summed E-state index contributed by atoms with van der Waals surface area (Å²) in [4.78, 5) is 0. The third-order valence-corrected chi connectivity index (χ3v) is 7.84. The molecule has 1 nitrogen and oxygen atoms in total. The van der Waals surface area contributed by atoms with E-state index in [-0.39, 0.29) is 11.3 Å². The zero-order valence-corrected chi connectivity index (χ0v) is 15.9. The van der Waals surface area contributed by atoms with Crippen molar-refractivity contribution in [2.24, 2.45) is 0 Å². The number of rotatable bonds is 3. The quantitative estimate of drug-likeness (QED) is 0.427. The minimum atomic E-state index is -2.35. The monoisotopic (exact) mass is 455 g/mol. The lowest BCUT2D eigenvalue weighted by Crippen LogP contribution is -2.54. The van der Waals surface area contributed by atoms with Crippen molar-refractivity contribution in [3.05, 3.63) is 29.8 Å². The summed E-state index contributed by atoms with van der Waals surface area (Å²) in [7, 11) is 0. The van der Waals surface area contributed by atoms with Crippen LogP contribution in [0.2, 0.25) is 0 Å². The van der Waals surface area contributed by atoms with Gasteiger partial charge in [0, 0.05) is 0 Å². The summed E-state index contributed by atoms with van der Waals surface area (Å²) in [6.07, 6.45) is 0. The van der Waals surface area contributed by atoms with Gasteiger partial charge < -0.3 is 0 Å². The molecule has 0 aliphatic carbocycles. The van der Waals surface area contributed by atoms with Gasteiger partial charge in [-0.25, -0.2) is 0 Å². The molecule has 0 atom stereocenters. The van der Waals surface area contributed by atoms with Crippen molar-refractivity contribution >= 4 is 104 Å². The van der Waals surface area contributed by atoms with Crippen molar-refractivity contribution in [2.75, 3.05) is 0 Å². The molecule has 1 rings (SSSR count). The Labute approximate surface area is 160 Å². The molecule has 1 aromatic carbocycles. The maximum Gasteiger partial charge on any atom is 0.226 e. The standard InChI is InChI=1S/C10H4Cl9O/c11-7(12,5-1-3-6(20)4-2-5)8(13,14)9(15,16)10(17,18)19/h1-4H. The van der Waals surface area contributed by atoms with Crippen molar-refractivity contribution in [1.82, 2.24) is 0 Å². The fraction of sp³-hybridized carbons (Fsp3) is 0.400. The van der Waals surface area contributed by atoms with Crippen LogP contribution in [0.15, 0.2) is 24.3 Å². The molecule has 0 amide bonds. The second kappa shape index (κ2) is 6.26. The molecule has 0 spiro atoms. The van der Waals surface area contributed by atoms with E-state index in [2.05, 4.69) is 0 Å². The highest BCUT2D eigenvalue weighted by atomic mass is 35.6. The van der Waals surface area contributed by atoms with E-state index < -0.39 is 16.8 Å². The largest absolute Gasteiger partial charge is 0.290 e. The minimum absolute atomic E-state index is 0.158. The van der Waals surface area contributed by atoms with Gasteiger partial charge in [0.15, 0.2) is 14.4 Å². The van der Waals surface area contributed by atoms with Gasteiger partial charge in [-0.3, -0.25) is 5.11 Å². The minimum Gasteiger partial charge on any atom is -0.290 e. The van der Waals surface area contributed by atoms with E-state index in [1.165, 1.54) is 24.3 Å². The van der Waals surface area contributed by atoms with Crippen LogP contribution in [-0.4, -0.2) is 12.5 Å². The van der Waals surface area contributed by atoms with Crippen molar-refractivity contribution in [2.45, 2.75) is 16.8 Å². The fourth-order valence-electron chi connectivity index (χ4n) is 1.22. The predicted octanol–water partition coefficient (Wildman–Crippen LogP) is 7.18. The Kier molecular flexibility index (Phi) is 6.16. The van der Waals surface area contributed by atoms with Gasteiger partial charge in [0.2, 0.25) is 8.13 Å². The molecule has 0 aliphatic rings. The Morgan fingerprint density at radius 3 is 1.40 bits per heavy atom. The third-order valence-electron chi connectivity index (χ3n) is 2.36. The number of benzene rings is 1. The van der Waals surface area contributed by atoms with Crippen LogP contribution in [0.25, 0.3) is 0 Å². The van der Waals surface area contributed by atoms with Crippen LogP contribution in [-0.2, 0) is 9.44 Å². The molecule has 10 heteroatoms. The summed E-state index contributed by atoms with van der Waals surface area (Å²) in [5.74, 6) is -0.267. The zero-order chi connectivity index (χ0) is 16.0. The molecule has 1 aromatic rings. The van der Waals surface area contributed by atoms with E-state index in [1.54, 1.807) is 0 Å². The zero-order valence-electron chi connectivity index (χ0n) is 9.12. The lowest BCUT2D eigenvalue weighted by atomic mass is 10.1. The Bertz CT molecular complexity index is 474. The summed E-state index contributed by atoms with van der Waals surface area (Å²) in [6.45, 7) is 0. The van der Waals surface area contributed by atoms with E-state index in [1.807, 2.05) is 0 Å². The Morgan fingerprint density at radius 2 is 1.05 bits per heavy atom. The molecule has 0 heterocycles. The topological polar surface area (TPSA) is 19.9 Å². The Morgan fingerprint density at radius 1 is 0.650 bits per heavy atom. The second-order valence-corrected chi connectivity index (χ2v) is 10.0. The van der Waals surface area contributed by atoms with Crippen LogP contribution in [0.5, 0.6) is 5.75 Å². The molecule has 0 bridgehead atoms. The number of alkyl halides is 9. The average molecular weight is 459 g/mol. The molecule has 0 N–H and O–H groups in total. The molecule has 0 unspecified atom stereocenters. The van der Waals surface area contributed by atoms with E-state index in [9.17, 15) is 5.11 Å². The van der Waals surface area contributed by atoms with Crippen LogP contribution in [0, 0.1) is 0 Å². The first-order chi connectivity index (χ1) is 8.75. The molecule has 0 aliphatic heterocycles. The first kappa shape index (κ1) is 19.7. The number of hydrogen-bond acceptors (Lipinski definition) is 0. The molecular formula is C10H4Cl9O. The number of halogens is 9. The highest BCUT2D eigenvalue weighted by Gasteiger charge is 2.68. The summed E-state index contributed by atoms with van der Waals surface area (Å²) >= 11 is 53.3. The van der Waals surface area contributed by atoms with E-state index in [0.717, 1.165) is 0 Å². The Balaban J connectivity index is 3.35. The van der Waals surface area contributed by atoms with Gasteiger partial charge in [-0.15, -0.1) is 0 Å².